The van der Waals surface area contributed by atoms with Gasteiger partial charge in [-0.05, 0) is 12.8 Å². The van der Waals surface area contributed by atoms with Gasteiger partial charge >= 0.3 is 0 Å². The Kier molecular flexibility index (Phi) is 2.94. The van der Waals surface area contributed by atoms with Crippen molar-refractivity contribution in [3.63, 3.8) is 0 Å². The Balaban J connectivity index is 1.93. The van der Waals surface area contributed by atoms with E-state index in [1.54, 1.807) is 12.1 Å². The predicted octanol–water partition coefficient (Wildman–Crippen LogP) is 3.01. The summed E-state index contributed by atoms with van der Waals surface area (Å²) in [5, 5.41) is 3.64. The van der Waals surface area contributed by atoms with E-state index in [-0.39, 0.29) is 11.7 Å². The van der Waals surface area contributed by atoms with Crippen molar-refractivity contribution < 1.29 is 13.6 Å². The number of rotatable bonds is 4. The normalized spacial score (nSPS) is 16.2. The van der Waals surface area contributed by atoms with Crippen molar-refractivity contribution in [1.29, 1.82) is 0 Å². The Labute approximate surface area is 86.5 Å². The molecule has 0 spiro atoms. The van der Waals surface area contributed by atoms with Gasteiger partial charge in [-0.1, -0.05) is 29.4 Å². The van der Waals surface area contributed by atoms with E-state index in [1.807, 2.05) is 0 Å². The van der Waals surface area contributed by atoms with Gasteiger partial charge in [0.2, 0.25) is 0 Å². The van der Waals surface area contributed by atoms with Crippen LogP contribution in [0.3, 0.4) is 0 Å². The lowest BCUT2D eigenvalue weighted by Crippen LogP contribution is -1.88. The molecule has 1 radical (unpaired) electrons. The van der Waals surface area contributed by atoms with Crippen molar-refractivity contribution in [2.45, 2.75) is 25.4 Å². The molecule has 1 aromatic carbocycles. The fourth-order valence-electron chi connectivity index (χ4n) is 1.03. The van der Waals surface area contributed by atoms with E-state index in [0.717, 1.165) is 12.8 Å². The highest BCUT2D eigenvalue weighted by Gasteiger charge is 2.23. The number of halogens is 2. The molecule has 1 aliphatic rings. The van der Waals surface area contributed by atoms with E-state index >= 15 is 0 Å². The van der Waals surface area contributed by atoms with Gasteiger partial charge in [-0.2, -0.15) is 0 Å². The molecule has 4 heteroatoms. The number of alkyl halides is 2. The SMILES string of the molecule is FC(F)c1ccc(/[C]=N/OC2CC2)cc1. The van der Waals surface area contributed by atoms with Crippen molar-refractivity contribution in [2.75, 3.05) is 0 Å². The lowest BCUT2D eigenvalue weighted by molar-refractivity contribution is 0.131. The molecule has 0 aromatic heterocycles. The van der Waals surface area contributed by atoms with Crippen LogP contribution in [0.2, 0.25) is 0 Å². The van der Waals surface area contributed by atoms with Crippen LogP contribution < -0.4 is 0 Å². The van der Waals surface area contributed by atoms with E-state index in [1.165, 1.54) is 12.1 Å². The summed E-state index contributed by atoms with van der Waals surface area (Å²) in [6, 6.07) is 5.81. The molecule has 1 fully saturated rings. The second-order valence-corrected chi connectivity index (χ2v) is 3.43. The summed E-state index contributed by atoms with van der Waals surface area (Å²) >= 11 is 0. The highest BCUT2D eigenvalue weighted by molar-refractivity contribution is 5.79. The van der Waals surface area contributed by atoms with Crippen molar-refractivity contribution >= 4 is 6.21 Å². The predicted molar refractivity (Wildman–Crippen MR) is 52.0 cm³/mol. The lowest BCUT2D eigenvalue weighted by atomic mass is 10.1. The molecule has 1 aliphatic carbocycles. The van der Waals surface area contributed by atoms with E-state index in [4.69, 9.17) is 4.84 Å². The van der Waals surface area contributed by atoms with Crippen LogP contribution in [-0.4, -0.2) is 12.3 Å². The third-order valence-corrected chi connectivity index (χ3v) is 2.06. The fourth-order valence-corrected chi connectivity index (χ4v) is 1.03. The van der Waals surface area contributed by atoms with Gasteiger partial charge in [0.25, 0.3) is 6.43 Å². The zero-order valence-corrected chi connectivity index (χ0v) is 7.99. The molecule has 2 rings (SSSR count). The maximum atomic E-state index is 12.2. The van der Waals surface area contributed by atoms with Crippen LogP contribution in [-0.2, 0) is 4.84 Å². The van der Waals surface area contributed by atoms with Crippen LogP contribution in [0.4, 0.5) is 8.78 Å². The van der Waals surface area contributed by atoms with Gasteiger partial charge in [-0.15, -0.1) is 0 Å². The highest BCUT2D eigenvalue weighted by Crippen LogP contribution is 2.23. The molecule has 0 amide bonds. The first-order valence-electron chi connectivity index (χ1n) is 4.75. The Hall–Kier alpha value is -1.45. The Morgan fingerprint density at radius 2 is 1.93 bits per heavy atom. The minimum absolute atomic E-state index is 0.00339. The third-order valence-electron chi connectivity index (χ3n) is 2.06. The molecular weight excluding hydrogens is 200 g/mol. The van der Waals surface area contributed by atoms with Crippen LogP contribution in [0.15, 0.2) is 29.4 Å². The lowest BCUT2D eigenvalue weighted by Gasteiger charge is -1.98. The molecule has 0 N–H and O–H groups in total. The summed E-state index contributed by atoms with van der Waals surface area (Å²) in [5.74, 6) is 0. The molecule has 0 unspecified atom stereocenters. The minimum Gasteiger partial charge on any atom is -0.392 e. The average molecular weight is 210 g/mol. The summed E-state index contributed by atoms with van der Waals surface area (Å²) < 4.78 is 24.4. The second kappa shape index (κ2) is 4.38. The van der Waals surface area contributed by atoms with E-state index < -0.39 is 6.43 Å². The zero-order valence-electron chi connectivity index (χ0n) is 7.99. The maximum absolute atomic E-state index is 12.2. The molecule has 2 nitrogen and oxygen atoms in total. The summed E-state index contributed by atoms with van der Waals surface area (Å²) in [4.78, 5) is 5.00. The Morgan fingerprint density at radius 1 is 1.27 bits per heavy atom. The minimum atomic E-state index is -2.43. The van der Waals surface area contributed by atoms with E-state index in [9.17, 15) is 8.78 Å². The molecule has 0 atom stereocenters. The highest BCUT2D eigenvalue weighted by atomic mass is 19.3. The van der Waals surface area contributed by atoms with Gasteiger partial charge in [-0.3, -0.25) is 0 Å². The number of nitrogens with zero attached hydrogens (tertiary/aromatic N) is 1. The van der Waals surface area contributed by atoms with Gasteiger partial charge in [-0.25, -0.2) is 8.78 Å². The summed E-state index contributed by atoms with van der Waals surface area (Å²) in [6.45, 7) is 0. The molecule has 1 saturated carbocycles. The van der Waals surface area contributed by atoms with Gasteiger partial charge in [0, 0.05) is 11.1 Å². The Bertz CT molecular complexity index is 344. The van der Waals surface area contributed by atoms with Crippen LogP contribution >= 0.6 is 0 Å². The molecule has 79 valence electrons. The van der Waals surface area contributed by atoms with E-state index in [2.05, 4.69) is 11.4 Å². The van der Waals surface area contributed by atoms with Gasteiger partial charge in [0.1, 0.15) is 12.3 Å². The van der Waals surface area contributed by atoms with Gasteiger partial charge in [0.15, 0.2) is 0 Å². The van der Waals surface area contributed by atoms with Crippen LogP contribution in [0, 0.1) is 0 Å². The van der Waals surface area contributed by atoms with Crippen molar-refractivity contribution in [1.82, 2.24) is 0 Å². The van der Waals surface area contributed by atoms with Crippen LogP contribution in [0.25, 0.3) is 0 Å². The van der Waals surface area contributed by atoms with Crippen LogP contribution in [0.1, 0.15) is 30.4 Å². The first-order valence-corrected chi connectivity index (χ1v) is 4.75. The first kappa shape index (κ1) is 10.1. The number of benzene rings is 1. The zero-order chi connectivity index (χ0) is 10.7. The average Bonchev–Trinajstić information content (AvgIpc) is 3.02. The third kappa shape index (κ3) is 3.01. The second-order valence-electron chi connectivity index (χ2n) is 3.43. The maximum Gasteiger partial charge on any atom is 0.263 e. The molecular formula is C11H10F2NO. The van der Waals surface area contributed by atoms with E-state index in [0.29, 0.717) is 5.56 Å². The summed E-state index contributed by atoms with van der Waals surface area (Å²) in [7, 11) is 0. The summed E-state index contributed by atoms with van der Waals surface area (Å²) in [6.07, 6.45) is 2.52. The molecule has 0 bridgehead atoms. The molecule has 1 aromatic rings. The number of hydrogen-bond acceptors (Lipinski definition) is 2. The molecule has 0 aliphatic heterocycles. The fraction of sp³-hybridized carbons (Fsp3) is 0.364. The summed E-state index contributed by atoms with van der Waals surface area (Å²) in [5.41, 5.74) is 0.642. The Morgan fingerprint density at radius 3 is 2.47 bits per heavy atom. The van der Waals surface area contributed by atoms with Crippen molar-refractivity contribution in [2.24, 2.45) is 5.16 Å². The van der Waals surface area contributed by atoms with Crippen LogP contribution in [0.5, 0.6) is 0 Å². The molecule has 15 heavy (non-hydrogen) atoms. The molecule has 0 saturated heterocycles. The largest absolute Gasteiger partial charge is 0.392 e. The number of hydrogen-bond donors (Lipinski definition) is 0. The first-order chi connectivity index (χ1) is 7.25. The smallest absolute Gasteiger partial charge is 0.263 e. The quantitative estimate of drug-likeness (QED) is 0.553. The van der Waals surface area contributed by atoms with Crippen molar-refractivity contribution in [3.8, 4) is 0 Å². The molecule has 0 heterocycles. The topological polar surface area (TPSA) is 21.6 Å². The van der Waals surface area contributed by atoms with Gasteiger partial charge < -0.3 is 4.84 Å². The monoisotopic (exact) mass is 210 g/mol. The standard InChI is InChI=1S/C11H10F2NO/c12-11(13)9-3-1-8(2-4-9)7-14-15-10-5-6-10/h1-4,10-11H,5-6H2. The van der Waals surface area contributed by atoms with Gasteiger partial charge in [0.05, 0.1) is 0 Å². The van der Waals surface area contributed by atoms with Crippen molar-refractivity contribution in [3.05, 3.63) is 35.4 Å².